The minimum absolute atomic E-state index is 0.0948. The summed E-state index contributed by atoms with van der Waals surface area (Å²) in [6.45, 7) is 0. The molecule has 0 unspecified atom stereocenters. The van der Waals surface area contributed by atoms with Crippen LogP contribution in [0.5, 0.6) is 5.75 Å². The molecule has 0 aliphatic carbocycles. The number of hydrogen-bond donors (Lipinski definition) is 1. The van der Waals surface area contributed by atoms with Crippen LogP contribution in [0.15, 0.2) is 57.7 Å². The number of carbonyl (C=O) groups is 1. The molecule has 0 saturated carbocycles. The number of ether oxygens (including phenoxy) is 1. The third kappa shape index (κ3) is 3.05. The Kier molecular flexibility index (Phi) is 4.04. The van der Waals surface area contributed by atoms with Crippen LogP contribution in [0.4, 0.5) is 5.69 Å². The molecular formula is C17H12ClNO4. The number of halogens is 1. The minimum Gasteiger partial charge on any atom is -0.497 e. The molecule has 1 aromatic heterocycles. The van der Waals surface area contributed by atoms with E-state index in [4.69, 9.17) is 20.8 Å². The maximum Gasteiger partial charge on any atom is 0.349 e. The van der Waals surface area contributed by atoms with E-state index in [1.165, 1.54) is 13.2 Å². The van der Waals surface area contributed by atoms with Gasteiger partial charge in [0, 0.05) is 11.5 Å². The molecule has 23 heavy (non-hydrogen) atoms. The molecule has 1 heterocycles. The Balaban J connectivity index is 1.99. The molecule has 0 saturated heterocycles. The molecule has 0 bridgehead atoms. The van der Waals surface area contributed by atoms with Crippen molar-refractivity contribution in [2.75, 3.05) is 12.4 Å². The van der Waals surface area contributed by atoms with Gasteiger partial charge in [-0.15, -0.1) is 0 Å². The molecule has 3 rings (SSSR count). The standard InChI is InChI=1S/C17H12ClNO4/c1-22-11-7-6-10-8-12(17(21)23-15(10)9-11)16(20)19-14-5-3-2-4-13(14)18/h2-9H,1H3,(H,19,20). The smallest absolute Gasteiger partial charge is 0.349 e. The van der Waals surface area contributed by atoms with E-state index < -0.39 is 11.5 Å². The van der Waals surface area contributed by atoms with Gasteiger partial charge in [-0.05, 0) is 30.3 Å². The monoisotopic (exact) mass is 329 g/mol. The van der Waals surface area contributed by atoms with Crippen LogP contribution in [-0.2, 0) is 0 Å². The van der Waals surface area contributed by atoms with E-state index in [1.807, 2.05) is 0 Å². The normalized spacial score (nSPS) is 10.5. The van der Waals surface area contributed by atoms with Crippen molar-refractivity contribution in [2.45, 2.75) is 0 Å². The number of fused-ring (bicyclic) bond motifs is 1. The number of nitrogens with one attached hydrogen (secondary N) is 1. The molecule has 0 radical (unpaired) electrons. The molecule has 0 spiro atoms. The Bertz CT molecular complexity index is 949. The quantitative estimate of drug-likeness (QED) is 0.744. The highest BCUT2D eigenvalue weighted by Gasteiger charge is 2.15. The molecule has 3 aromatic rings. The first-order chi connectivity index (χ1) is 11.1. The Morgan fingerprint density at radius 1 is 1.17 bits per heavy atom. The summed E-state index contributed by atoms with van der Waals surface area (Å²) in [5.74, 6) is -0.0153. The van der Waals surface area contributed by atoms with Crippen LogP contribution < -0.4 is 15.7 Å². The first-order valence-electron chi connectivity index (χ1n) is 6.76. The van der Waals surface area contributed by atoms with Gasteiger partial charge in [0.2, 0.25) is 0 Å². The molecule has 0 fully saturated rings. The molecular weight excluding hydrogens is 318 g/mol. The second-order valence-electron chi connectivity index (χ2n) is 4.79. The molecule has 1 N–H and O–H groups in total. The summed E-state index contributed by atoms with van der Waals surface area (Å²) >= 11 is 5.99. The van der Waals surface area contributed by atoms with Gasteiger partial charge in [-0.1, -0.05) is 23.7 Å². The average Bonchev–Trinajstić information content (AvgIpc) is 2.55. The second-order valence-corrected chi connectivity index (χ2v) is 5.19. The summed E-state index contributed by atoms with van der Waals surface area (Å²) in [7, 11) is 1.52. The average molecular weight is 330 g/mol. The summed E-state index contributed by atoms with van der Waals surface area (Å²) in [4.78, 5) is 24.3. The fraction of sp³-hybridized carbons (Fsp3) is 0.0588. The van der Waals surface area contributed by atoms with Gasteiger partial charge in [-0.3, -0.25) is 4.79 Å². The Labute approximate surface area is 136 Å². The van der Waals surface area contributed by atoms with E-state index in [1.54, 1.807) is 42.5 Å². The zero-order valence-corrected chi connectivity index (χ0v) is 12.9. The van der Waals surface area contributed by atoms with Gasteiger partial charge in [-0.25, -0.2) is 4.79 Å². The number of rotatable bonds is 3. The van der Waals surface area contributed by atoms with E-state index in [-0.39, 0.29) is 5.56 Å². The predicted molar refractivity (Wildman–Crippen MR) is 88.4 cm³/mol. The van der Waals surface area contributed by atoms with E-state index in [9.17, 15) is 9.59 Å². The molecule has 0 atom stereocenters. The van der Waals surface area contributed by atoms with Crippen molar-refractivity contribution in [3.05, 3.63) is 69.5 Å². The Morgan fingerprint density at radius 2 is 1.96 bits per heavy atom. The lowest BCUT2D eigenvalue weighted by molar-refractivity contribution is 0.102. The number of carbonyl (C=O) groups excluding carboxylic acids is 1. The van der Waals surface area contributed by atoms with Crippen molar-refractivity contribution >= 4 is 34.2 Å². The van der Waals surface area contributed by atoms with Gasteiger partial charge in [0.15, 0.2) is 0 Å². The first kappa shape index (κ1) is 15.1. The highest BCUT2D eigenvalue weighted by molar-refractivity contribution is 6.33. The maximum absolute atomic E-state index is 12.3. The topological polar surface area (TPSA) is 68.5 Å². The molecule has 0 aliphatic rings. The summed E-state index contributed by atoms with van der Waals surface area (Å²) in [6, 6.07) is 13.3. The number of para-hydroxylation sites is 1. The van der Waals surface area contributed by atoms with Crippen molar-refractivity contribution in [1.82, 2.24) is 0 Å². The van der Waals surface area contributed by atoms with Crippen LogP contribution >= 0.6 is 11.6 Å². The maximum atomic E-state index is 12.3. The molecule has 116 valence electrons. The van der Waals surface area contributed by atoms with Gasteiger partial charge in [0.1, 0.15) is 16.9 Å². The molecule has 5 nitrogen and oxygen atoms in total. The van der Waals surface area contributed by atoms with Crippen LogP contribution in [0.25, 0.3) is 11.0 Å². The van der Waals surface area contributed by atoms with E-state index >= 15 is 0 Å². The molecule has 6 heteroatoms. The lowest BCUT2D eigenvalue weighted by Gasteiger charge is -2.07. The fourth-order valence-corrected chi connectivity index (χ4v) is 2.31. The highest BCUT2D eigenvalue weighted by atomic mass is 35.5. The lowest BCUT2D eigenvalue weighted by atomic mass is 10.1. The summed E-state index contributed by atoms with van der Waals surface area (Å²) in [5.41, 5.74) is -0.0464. The Hall–Kier alpha value is -2.79. The van der Waals surface area contributed by atoms with E-state index in [2.05, 4.69) is 5.32 Å². The van der Waals surface area contributed by atoms with Gasteiger partial charge in [0.25, 0.3) is 5.91 Å². The number of amides is 1. The largest absolute Gasteiger partial charge is 0.497 e. The van der Waals surface area contributed by atoms with Crippen molar-refractivity contribution in [2.24, 2.45) is 0 Å². The summed E-state index contributed by atoms with van der Waals surface area (Å²) in [5, 5.41) is 3.60. The van der Waals surface area contributed by atoms with Crippen LogP contribution in [0.1, 0.15) is 10.4 Å². The number of anilines is 1. The first-order valence-corrected chi connectivity index (χ1v) is 7.14. The van der Waals surface area contributed by atoms with Crippen molar-refractivity contribution in [3.63, 3.8) is 0 Å². The third-order valence-corrected chi connectivity index (χ3v) is 3.64. The van der Waals surface area contributed by atoms with E-state index in [0.717, 1.165) is 0 Å². The van der Waals surface area contributed by atoms with Crippen LogP contribution in [0, 0.1) is 0 Å². The van der Waals surface area contributed by atoms with Gasteiger partial charge in [-0.2, -0.15) is 0 Å². The molecule has 1 amide bonds. The zero-order valence-electron chi connectivity index (χ0n) is 12.1. The molecule has 0 aliphatic heterocycles. The van der Waals surface area contributed by atoms with Crippen molar-refractivity contribution in [3.8, 4) is 5.75 Å². The SMILES string of the molecule is COc1ccc2cc(C(=O)Nc3ccccc3Cl)c(=O)oc2c1. The number of methoxy groups -OCH3 is 1. The van der Waals surface area contributed by atoms with Crippen LogP contribution in [0.3, 0.4) is 0 Å². The minimum atomic E-state index is -0.727. The van der Waals surface area contributed by atoms with Crippen LogP contribution in [0.2, 0.25) is 5.02 Å². The number of hydrogen-bond acceptors (Lipinski definition) is 4. The lowest BCUT2D eigenvalue weighted by Crippen LogP contribution is -2.20. The van der Waals surface area contributed by atoms with Gasteiger partial charge in [0.05, 0.1) is 17.8 Å². The Morgan fingerprint density at radius 3 is 2.70 bits per heavy atom. The second kappa shape index (κ2) is 6.14. The molecule has 2 aromatic carbocycles. The zero-order chi connectivity index (χ0) is 16.4. The highest BCUT2D eigenvalue weighted by Crippen LogP contribution is 2.23. The van der Waals surface area contributed by atoms with E-state index in [0.29, 0.717) is 27.4 Å². The summed E-state index contributed by atoms with van der Waals surface area (Å²) < 4.78 is 10.3. The van der Waals surface area contributed by atoms with Crippen LogP contribution in [-0.4, -0.2) is 13.0 Å². The summed E-state index contributed by atoms with van der Waals surface area (Å²) in [6.07, 6.45) is 0. The van der Waals surface area contributed by atoms with Gasteiger partial charge >= 0.3 is 5.63 Å². The fourth-order valence-electron chi connectivity index (χ4n) is 2.13. The van der Waals surface area contributed by atoms with Crippen molar-refractivity contribution in [1.29, 1.82) is 0 Å². The third-order valence-electron chi connectivity index (χ3n) is 3.31. The van der Waals surface area contributed by atoms with Crippen molar-refractivity contribution < 1.29 is 13.9 Å². The van der Waals surface area contributed by atoms with Gasteiger partial charge < -0.3 is 14.5 Å². The number of benzene rings is 2. The predicted octanol–water partition coefficient (Wildman–Crippen LogP) is 3.71.